The first-order valence-corrected chi connectivity index (χ1v) is 22.9. The molecule has 0 fully saturated rings. The highest BCUT2D eigenvalue weighted by Crippen LogP contribution is 2.43. The molecule has 0 amide bonds. The molecule has 0 rings (SSSR count). The maximum Gasteiger partial charge on any atom is 0.472 e. The molecule has 0 bridgehead atoms. The zero-order valence-electron chi connectivity index (χ0n) is 35.0. The summed E-state index contributed by atoms with van der Waals surface area (Å²) in [5.41, 5.74) is 5.32. The van der Waals surface area contributed by atoms with Crippen molar-refractivity contribution in [3.63, 3.8) is 0 Å². The molecule has 0 aromatic rings. The summed E-state index contributed by atoms with van der Waals surface area (Å²) in [6.07, 6.45) is 40.5. The van der Waals surface area contributed by atoms with Gasteiger partial charge >= 0.3 is 25.7 Å². The molecular weight excluding hydrogens is 749 g/mol. The number of phosphoric acid groups is 1. The van der Waals surface area contributed by atoms with E-state index >= 15 is 0 Å². The molecule has 0 spiro atoms. The molecule has 0 aliphatic heterocycles. The molecule has 0 saturated heterocycles. The van der Waals surface area contributed by atoms with E-state index in [1.165, 1.54) is 38.5 Å². The third-order valence-electron chi connectivity index (χ3n) is 8.81. The monoisotopic (exact) mass is 826 g/mol. The standard InChI is InChI=1S/C44H76NO11P/c1-3-5-7-8-9-10-11-12-13-14-19-22-25-28-31-35-43(48)56-40(37-54-57(51,52)55-38-41(45)44(49)50)36-53-42(47)34-30-27-24-21-18-16-15-17-20-23-26-29-33-39(46)32-6-4-2/h12-13,15-16,20-21,23-24,29,33,39-41,46H,3-11,14,17-19,22,25-28,30-32,34-38,45H2,1-2H3,(H,49,50)(H,51,52)/b13-12-,16-15-,23-20-,24-21-,33-29-/t39-,40+,41-/m0/s1. The van der Waals surface area contributed by atoms with Gasteiger partial charge in [0.2, 0.25) is 0 Å². The Morgan fingerprint density at radius 3 is 1.72 bits per heavy atom. The zero-order chi connectivity index (χ0) is 42.2. The smallest absolute Gasteiger partial charge is 0.472 e. The van der Waals surface area contributed by atoms with E-state index < -0.39 is 57.7 Å². The van der Waals surface area contributed by atoms with Crippen LogP contribution in [0.25, 0.3) is 0 Å². The fourth-order valence-corrected chi connectivity index (χ4v) is 6.14. The molecule has 5 N–H and O–H groups in total. The molecular formula is C44H76NO11P. The van der Waals surface area contributed by atoms with Crippen LogP contribution >= 0.6 is 7.82 Å². The SMILES string of the molecule is CCCCCCCC/C=C\CCCCCCCC(=O)O[C@H](COC(=O)CCC/C=C\C/C=C\C/C=C\C/C=C\[C@@H](O)CCCC)COP(=O)(O)OC[C@H](N)C(=O)O. The predicted octanol–water partition coefficient (Wildman–Crippen LogP) is 10.1. The number of aliphatic hydroxyl groups is 1. The molecule has 0 aromatic carbocycles. The second-order valence-electron chi connectivity index (χ2n) is 14.3. The number of aliphatic carboxylic acids is 1. The van der Waals surface area contributed by atoms with Gasteiger partial charge in [0.05, 0.1) is 19.3 Å². The minimum absolute atomic E-state index is 0.125. The largest absolute Gasteiger partial charge is 0.480 e. The van der Waals surface area contributed by atoms with Gasteiger partial charge in [-0.1, -0.05) is 139 Å². The van der Waals surface area contributed by atoms with Crippen molar-refractivity contribution >= 4 is 25.7 Å². The number of allylic oxidation sites excluding steroid dienone is 9. The molecule has 13 heteroatoms. The molecule has 328 valence electrons. The van der Waals surface area contributed by atoms with Crippen molar-refractivity contribution in [1.29, 1.82) is 0 Å². The highest BCUT2D eigenvalue weighted by molar-refractivity contribution is 7.47. The quantitative estimate of drug-likeness (QED) is 0.0199. The number of ether oxygens (including phenoxy) is 2. The first kappa shape index (κ1) is 54.1. The fourth-order valence-electron chi connectivity index (χ4n) is 5.36. The van der Waals surface area contributed by atoms with Crippen LogP contribution in [0.4, 0.5) is 0 Å². The highest BCUT2D eigenvalue weighted by atomic mass is 31.2. The lowest BCUT2D eigenvalue weighted by Gasteiger charge is -2.20. The fraction of sp³-hybridized carbons (Fsp3) is 0.705. The van der Waals surface area contributed by atoms with E-state index in [1.54, 1.807) is 0 Å². The van der Waals surface area contributed by atoms with Gasteiger partial charge < -0.3 is 30.3 Å². The van der Waals surface area contributed by atoms with E-state index in [0.29, 0.717) is 19.3 Å². The number of carboxylic acids is 1. The molecule has 12 nitrogen and oxygen atoms in total. The molecule has 0 radical (unpaired) electrons. The Hall–Kier alpha value is -2.86. The Kier molecular flexibility index (Phi) is 36.7. The molecule has 4 atom stereocenters. The van der Waals surface area contributed by atoms with Gasteiger partial charge in [0.1, 0.15) is 12.6 Å². The Balaban J connectivity index is 4.52. The number of hydrogen-bond donors (Lipinski definition) is 4. The summed E-state index contributed by atoms with van der Waals surface area (Å²) < 4.78 is 32.6. The van der Waals surface area contributed by atoms with Gasteiger partial charge in [-0.05, 0) is 70.6 Å². The second kappa shape index (κ2) is 38.6. The third kappa shape index (κ3) is 38.4. The summed E-state index contributed by atoms with van der Waals surface area (Å²) in [5.74, 6) is -2.49. The van der Waals surface area contributed by atoms with Crippen LogP contribution in [0.2, 0.25) is 0 Å². The number of aliphatic hydroxyl groups excluding tert-OH is 1. The first-order chi connectivity index (χ1) is 27.5. The van der Waals surface area contributed by atoms with Gasteiger partial charge in [0, 0.05) is 12.8 Å². The first-order valence-electron chi connectivity index (χ1n) is 21.4. The Bertz CT molecular complexity index is 1220. The molecule has 0 saturated carbocycles. The summed E-state index contributed by atoms with van der Waals surface area (Å²) in [4.78, 5) is 45.9. The van der Waals surface area contributed by atoms with Crippen molar-refractivity contribution in [2.24, 2.45) is 5.73 Å². The van der Waals surface area contributed by atoms with Gasteiger partial charge in [0.25, 0.3) is 0 Å². The average molecular weight is 826 g/mol. The van der Waals surface area contributed by atoms with Crippen molar-refractivity contribution in [3.05, 3.63) is 60.8 Å². The van der Waals surface area contributed by atoms with E-state index in [0.717, 1.165) is 77.0 Å². The highest BCUT2D eigenvalue weighted by Gasteiger charge is 2.28. The van der Waals surface area contributed by atoms with Gasteiger partial charge in [-0.25, -0.2) is 4.57 Å². The lowest BCUT2D eigenvalue weighted by molar-refractivity contribution is -0.161. The van der Waals surface area contributed by atoms with Crippen molar-refractivity contribution < 1.29 is 52.6 Å². The van der Waals surface area contributed by atoms with Gasteiger partial charge in [-0.15, -0.1) is 0 Å². The maximum absolute atomic E-state index is 12.6. The summed E-state index contributed by atoms with van der Waals surface area (Å²) in [6, 6.07) is -1.54. The minimum Gasteiger partial charge on any atom is -0.480 e. The van der Waals surface area contributed by atoms with Crippen LogP contribution in [0.5, 0.6) is 0 Å². The number of carbonyl (C=O) groups is 3. The lowest BCUT2D eigenvalue weighted by Crippen LogP contribution is -2.34. The van der Waals surface area contributed by atoms with Crippen LogP contribution < -0.4 is 5.73 Å². The van der Waals surface area contributed by atoms with Crippen molar-refractivity contribution in [2.75, 3.05) is 19.8 Å². The maximum atomic E-state index is 12.6. The van der Waals surface area contributed by atoms with Crippen molar-refractivity contribution in [2.45, 2.75) is 180 Å². The van der Waals surface area contributed by atoms with Crippen molar-refractivity contribution in [3.8, 4) is 0 Å². The number of phosphoric ester groups is 1. The van der Waals surface area contributed by atoms with E-state index in [1.807, 2.05) is 24.3 Å². The van der Waals surface area contributed by atoms with Crippen LogP contribution in [-0.2, 0) is 37.5 Å². The van der Waals surface area contributed by atoms with E-state index in [-0.39, 0.29) is 18.9 Å². The Labute approximate surface area is 343 Å². The number of rotatable bonds is 39. The molecule has 0 aromatic heterocycles. The van der Waals surface area contributed by atoms with Gasteiger partial charge in [0.15, 0.2) is 6.10 Å². The number of carbonyl (C=O) groups excluding carboxylic acids is 2. The summed E-state index contributed by atoms with van der Waals surface area (Å²) >= 11 is 0. The molecule has 0 aliphatic rings. The summed E-state index contributed by atoms with van der Waals surface area (Å²) in [5, 5.41) is 18.7. The number of unbranched alkanes of at least 4 members (excludes halogenated alkanes) is 13. The van der Waals surface area contributed by atoms with Crippen LogP contribution in [0, 0.1) is 0 Å². The van der Waals surface area contributed by atoms with Crippen LogP contribution in [0.1, 0.15) is 162 Å². The summed E-state index contributed by atoms with van der Waals surface area (Å²) in [6.45, 7) is 2.56. The molecule has 0 aliphatic carbocycles. The average Bonchev–Trinajstić information content (AvgIpc) is 3.18. The molecule has 0 heterocycles. The second-order valence-corrected chi connectivity index (χ2v) is 15.7. The van der Waals surface area contributed by atoms with Crippen molar-refractivity contribution in [1.82, 2.24) is 0 Å². The Morgan fingerprint density at radius 1 is 0.614 bits per heavy atom. The minimum atomic E-state index is -4.74. The zero-order valence-corrected chi connectivity index (χ0v) is 35.9. The molecule has 57 heavy (non-hydrogen) atoms. The Morgan fingerprint density at radius 2 is 1.11 bits per heavy atom. The number of esters is 2. The number of hydrogen-bond acceptors (Lipinski definition) is 10. The number of nitrogens with two attached hydrogens (primary N) is 1. The van der Waals surface area contributed by atoms with Gasteiger partial charge in [-0.3, -0.25) is 23.4 Å². The van der Waals surface area contributed by atoms with E-state index in [9.17, 15) is 28.9 Å². The normalized spacial score (nSPS) is 14.9. The topological polar surface area (TPSA) is 192 Å². The number of carboxylic acid groups (broad SMARTS) is 1. The van der Waals surface area contributed by atoms with E-state index in [2.05, 4.69) is 54.8 Å². The predicted molar refractivity (Wildman–Crippen MR) is 227 cm³/mol. The molecule has 1 unspecified atom stereocenters. The third-order valence-corrected chi connectivity index (χ3v) is 9.76. The van der Waals surface area contributed by atoms with Crippen LogP contribution in [0.3, 0.4) is 0 Å². The van der Waals surface area contributed by atoms with Crippen LogP contribution in [-0.4, -0.2) is 71.1 Å². The van der Waals surface area contributed by atoms with E-state index in [4.69, 9.17) is 24.8 Å². The van der Waals surface area contributed by atoms with Gasteiger partial charge in [-0.2, -0.15) is 0 Å². The lowest BCUT2D eigenvalue weighted by atomic mass is 10.1. The summed E-state index contributed by atoms with van der Waals surface area (Å²) in [7, 11) is -4.74. The van der Waals surface area contributed by atoms with Crippen LogP contribution in [0.15, 0.2) is 60.8 Å².